The molecule has 3 saturated heterocycles. The monoisotopic (exact) mass is 413 g/mol. The molecule has 0 spiro atoms. The van der Waals surface area contributed by atoms with Gasteiger partial charge in [0.15, 0.2) is 5.96 Å². The molecule has 30 heavy (non-hydrogen) atoms. The molecule has 166 valence electrons. The number of hydrogen-bond acceptors (Lipinski definition) is 4. The second-order valence-corrected chi connectivity index (χ2v) is 9.11. The van der Waals surface area contributed by atoms with E-state index < -0.39 is 0 Å². The van der Waals surface area contributed by atoms with E-state index in [9.17, 15) is 0 Å². The van der Waals surface area contributed by atoms with Gasteiger partial charge in [0, 0.05) is 45.4 Å². The molecule has 3 aliphatic heterocycles. The minimum Gasteiger partial charge on any atom is -0.381 e. The Hall–Kier alpha value is -1.63. The van der Waals surface area contributed by atoms with E-state index in [0.717, 1.165) is 51.6 Å². The number of benzene rings is 1. The Labute approximate surface area is 182 Å². The highest BCUT2D eigenvalue weighted by molar-refractivity contribution is 5.79. The maximum absolute atomic E-state index is 5.67. The van der Waals surface area contributed by atoms with Crippen LogP contribution in [-0.2, 0) is 17.8 Å². The fourth-order valence-electron chi connectivity index (χ4n) is 5.16. The Morgan fingerprint density at radius 2 is 1.57 bits per heavy atom. The van der Waals surface area contributed by atoms with Crippen molar-refractivity contribution in [2.24, 2.45) is 4.99 Å². The van der Waals surface area contributed by atoms with E-state index in [1.54, 1.807) is 0 Å². The predicted molar refractivity (Wildman–Crippen MR) is 123 cm³/mol. The quantitative estimate of drug-likeness (QED) is 0.532. The lowest BCUT2D eigenvalue weighted by Crippen LogP contribution is -2.58. The predicted octanol–water partition coefficient (Wildman–Crippen LogP) is 2.59. The SMILES string of the molecule is CN=C(NCc1ccc(CN2CCCC2)cc1)NCC1(N2CCCC2)CCOCC1. The molecular weight excluding hydrogens is 374 g/mol. The molecule has 3 aliphatic rings. The van der Waals surface area contributed by atoms with Gasteiger partial charge in [-0.3, -0.25) is 14.8 Å². The summed E-state index contributed by atoms with van der Waals surface area (Å²) < 4.78 is 5.67. The second kappa shape index (κ2) is 10.6. The third-order valence-electron chi connectivity index (χ3n) is 7.10. The highest BCUT2D eigenvalue weighted by Crippen LogP contribution is 2.30. The van der Waals surface area contributed by atoms with Gasteiger partial charge in [0.05, 0.1) is 0 Å². The Morgan fingerprint density at radius 3 is 2.23 bits per heavy atom. The van der Waals surface area contributed by atoms with Crippen molar-refractivity contribution in [1.29, 1.82) is 0 Å². The molecule has 3 fully saturated rings. The molecule has 0 amide bonds. The van der Waals surface area contributed by atoms with Crippen molar-refractivity contribution in [1.82, 2.24) is 20.4 Å². The molecule has 0 atom stereocenters. The second-order valence-electron chi connectivity index (χ2n) is 9.11. The van der Waals surface area contributed by atoms with Crippen LogP contribution in [0, 0.1) is 0 Å². The molecule has 0 aromatic heterocycles. The lowest BCUT2D eigenvalue weighted by molar-refractivity contribution is -0.0164. The van der Waals surface area contributed by atoms with Crippen LogP contribution in [0.1, 0.15) is 49.7 Å². The zero-order valence-corrected chi connectivity index (χ0v) is 18.7. The van der Waals surface area contributed by atoms with Crippen molar-refractivity contribution in [3.8, 4) is 0 Å². The van der Waals surface area contributed by atoms with Crippen LogP contribution < -0.4 is 10.6 Å². The summed E-state index contributed by atoms with van der Waals surface area (Å²) in [4.78, 5) is 9.71. The zero-order valence-electron chi connectivity index (χ0n) is 18.7. The van der Waals surface area contributed by atoms with Crippen LogP contribution >= 0.6 is 0 Å². The number of nitrogens with zero attached hydrogens (tertiary/aromatic N) is 3. The molecule has 6 heteroatoms. The smallest absolute Gasteiger partial charge is 0.191 e. The van der Waals surface area contributed by atoms with Gasteiger partial charge in [0.2, 0.25) is 0 Å². The van der Waals surface area contributed by atoms with Crippen LogP contribution in [0.15, 0.2) is 29.3 Å². The van der Waals surface area contributed by atoms with Crippen LogP contribution in [0.2, 0.25) is 0 Å². The van der Waals surface area contributed by atoms with E-state index in [1.807, 2.05) is 7.05 Å². The van der Waals surface area contributed by atoms with Crippen molar-refractivity contribution in [2.75, 3.05) is 53.0 Å². The maximum Gasteiger partial charge on any atom is 0.191 e. The van der Waals surface area contributed by atoms with Crippen molar-refractivity contribution >= 4 is 5.96 Å². The van der Waals surface area contributed by atoms with E-state index in [2.05, 4.69) is 49.7 Å². The molecule has 6 nitrogen and oxygen atoms in total. The summed E-state index contributed by atoms with van der Waals surface area (Å²) >= 11 is 0. The Balaban J connectivity index is 1.27. The van der Waals surface area contributed by atoms with Gasteiger partial charge in [-0.15, -0.1) is 0 Å². The number of guanidine groups is 1. The molecule has 0 aliphatic carbocycles. The third-order valence-corrected chi connectivity index (χ3v) is 7.10. The molecular formula is C24H39N5O. The van der Waals surface area contributed by atoms with Gasteiger partial charge in [-0.1, -0.05) is 24.3 Å². The van der Waals surface area contributed by atoms with Crippen LogP contribution in [0.25, 0.3) is 0 Å². The number of rotatable bonds is 7. The topological polar surface area (TPSA) is 52.1 Å². The fourth-order valence-corrected chi connectivity index (χ4v) is 5.16. The molecule has 0 unspecified atom stereocenters. The summed E-state index contributed by atoms with van der Waals surface area (Å²) in [6.07, 6.45) is 7.55. The van der Waals surface area contributed by atoms with Crippen LogP contribution in [0.5, 0.6) is 0 Å². The van der Waals surface area contributed by atoms with E-state index in [4.69, 9.17) is 4.74 Å². The summed E-state index contributed by atoms with van der Waals surface area (Å²) in [5.41, 5.74) is 2.92. The number of aliphatic imine (C=N–C) groups is 1. The van der Waals surface area contributed by atoms with E-state index in [-0.39, 0.29) is 5.54 Å². The fraction of sp³-hybridized carbons (Fsp3) is 0.708. The van der Waals surface area contributed by atoms with Gasteiger partial charge < -0.3 is 15.4 Å². The molecule has 0 bridgehead atoms. The Bertz CT molecular complexity index is 671. The first-order valence-corrected chi connectivity index (χ1v) is 11.8. The van der Waals surface area contributed by atoms with Gasteiger partial charge >= 0.3 is 0 Å². The molecule has 0 saturated carbocycles. The lowest BCUT2D eigenvalue weighted by Gasteiger charge is -2.45. The standard InChI is InChI=1S/C24H39N5O/c1-25-23(27-20-24(10-16-30-17-11-24)29-14-4-5-15-29)26-18-21-6-8-22(9-7-21)19-28-12-2-3-13-28/h6-9H,2-5,10-20H2,1H3,(H2,25,26,27). The number of ether oxygens (including phenoxy) is 1. The van der Waals surface area contributed by atoms with Crippen LogP contribution in [-0.4, -0.2) is 74.3 Å². The van der Waals surface area contributed by atoms with Crippen molar-refractivity contribution in [2.45, 2.75) is 57.2 Å². The summed E-state index contributed by atoms with van der Waals surface area (Å²) in [6.45, 7) is 9.48. The zero-order chi connectivity index (χ0) is 20.7. The summed E-state index contributed by atoms with van der Waals surface area (Å²) in [7, 11) is 1.86. The van der Waals surface area contributed by atoms with E-state index >= 15 is 0 Å². The van der Waals surface area contributed by atoms with Crippen molar-refractivity contribution < 1.29 is 4.74 Å². The molecule has 1 aromatic carbocycles. The molecule has 0 radical (unpaired) electrons. The highest BCUT2D eigenvalue weighted by Gasteiger charge is 2.39. The maximum atomic E-state index is 5.67. The minimum absolute atomic E-state index is 0.212. The van der Waals surface area contributed by atoms with Crippen LogP contribution in [0.4, 0.5) is 0 Å². The molecule has 4 rings (SSSR count). The van der Waals surface area contributed by atoms with Crippen molar-refractivity contribution in [3.05, 3.63) is 35.4 Å². The number of hydrogen-bond donors (Lipinski definition) is 2. The lowest BCUT2D eigenvalue weighted by atomic mass is 9.88. The summed E-state index contributed by atoms with van der Waals surface area (Å²) in [5, 5.41) is 7.13. The van der Waals surface area contributed by atoms with Gasteiger partial charge in [0.25, 0.3) is 0 Å². The molecule has 1 aromatic rings. The van der Waals surface area contributed by atoms with Gasteiger partial charge in [-0.2, -0.15) is 0 Å². The Morgan fingerprint density at radius 1 is 0.933 bits per heavy atom. The summed E-state index contributed by atoms with van der Waals surface area (Å²) in [5.74, 6) is 0.890. The largest absolute Gasteiger partial charge is 0.381 e. The number of nitrogens with one attached hydrogen (secondary N) is 2. The van der Waals surface area contributed by atoms with E-state index in [0.29, 0.717) is 0 Å². The van der Waals surface area contributed by atoms with Gasteiger partial charge in [0.1, 0.15) is 0 Å². The average Bonchev–Trinajstić information content (AvgIpc) is 3.50. The first kappa shape index (κ1) is 21.6. The molecule has 3 heterocycles. The van der Waals surface area contributed by atoms with E-state index in [1.165, 1.54) is 63.0 Å². The molecule has 2 N–H and O–H groups in total. The first-order chi connectivity index (χ1) is 14.8. The Kier molecular flexibility index (Phi) is 7.63. The highest BCUT2D eigenvalue weighted by atomic mass is 16.5. The van der Waals surface area contributed by atoms with Crippen molar-refractivity contribution in [3.63, 3.8) is 0 Å². The summed E-state index contributed by atoms with van der Waals surface area (Å²) in [6, 6.07) is 9.04. The normalized spacial score (nSPS) is 23.0. The van der Waals surface area contributed by atoms with Gasteiger partial charge in [-0.05, 0) is 75.8 Å². The average molecular weight is 414 g/mol. The first-order valence-electron chi connectivity index (χ1n) is 11.8. The minimum atomic E-state index is 0.212. The van der Waals surface area contributed by atoms with Crippen LogP contribution in [0.3, 0.4) is 0 Å². The number of likely N-dealkylation sites (tertiary alicyclic amines) is 2. The van der Waals surface area contributed by atoms with Gasteiger partial charge in [-0.25, -0.2) is 0 Å². The third kappa shape index (κ3) is 5.54.